The molecule has 1 aliphatic heterocycles. The van der Waals surface area contributed by atoms with Gasteiger partial charge in [0.25, 0.3) is 5.69 Å². The lowest BCUT2D eigenvalue weighted by molar-refractivity contribution is -0.384. The first-order chi connectivity index (χ1) is 15.5. The maximum Gasteiger partial charge on any atom is 0.317 e. The summed E-state index contributed by atoms with van der Waals surface area (Å²) in [6.45, 7) is 2.30. The third-order valence-electron chi connectivity index (χ3n) is 5.33. The molecule has 0 radical (unpaired) electrons. The zero-order chi connectivity index (χ0) is 22.9. The third-order valence-corrected chi connectivity index (χ3v) is 5.33. The second-order valence-electron chi connectivity index (χ2n) is 7.38. The van der Waals surface area contributed by atoms with E-state index in [2.05, 4.69) is 0 Å². The van der Waals surface area contributed by atoms with Crippen LogP contribution in [-0.4, -0.2) is 29.9 Å². The number of aryl methyl sites for hydroxylation is 1. The van der Waals surface area contributed by atoms with E-state index in [9.17, 15) is 19.7 Å². The number of nitro groups is 1. The number of carbonyl (C=O) groups excluding carboxylic acids is 2. The summed E-state index contributed by atoms with van der Waals surface area (Å²) in [4.78, 5) is 36.8. The summed E-state index contributed by atoms with van der Waals surface area (Å²) in [6, 6.07) is 15.0. The Bertz CT molecular complexity index is 1010. The minimum Gasteiger partial charge on any atom is -0.497 e. The number of allylic oxidation sites excluding steroid dienone is 2. The summed E-state index contributed by atoms with van der Waals surface area (Å²) in [7, 11) is 0. The number of hydrogen-bond acceptors (Lipinski definition) is 6. The van der Waals surface area contributed by atoms with Gasteiger partial charge in [-0.1, -0.05) is 48.5 Å². The van der Waals surface area contributed by atoms with Crippen molar-refractivity contribution in [2.24, 2.45) is 11.8 Å². The van der Waals surface area contributed by atoms with Crippen molar-refractivity contribution in [1.29, 1.82) is 0 Å². The van der Waals surface area contributed by atoms with Gasteiger partial charge in [-0.05, 0) is 37.0 Å². The second kappa shape index (κ2) is 11.0. The summed E-state index contributed by atoms with van der Waals surface area (Å²) in [5, 5.41) is 10.9. The van der Waals surface area contributed by atoms with Crippen LogP contribution in [0.15, 0.2) is 78.6 Å². The van der Waals surface area contributed by atoms with E-state index in [-0.39, 0.29) is 18.1 Å². The van der Waals surface area contributed by atoms with E-state index >= 15 is 0 Å². The average Bonchev–Trinajstić information content (AvgIpc) is 2.83. The average molecular weight is 435 g/mol. The number of nitrogens with zero attached hydrogens (tertiary/aromatic N) is 1. The number of benzene rings is 2. The lowest BCUT2D eigenvalue weighted by atomic mass is 9.77. The number of ether oxygens (including phenoxy) is 2. The number of non-ortho nitro benzene ring substituents is 1. The van der Waals surface area contributed by atoms with Crippen molar-refractivity contribution < 1.29 is 24.0 Å². The van der Waals surface area contributed by atoms with Gasteiger partial charge in [-0.3, -0.25) is 19.7 Å². The molecule has 1 aliphatic rings. The zero-order valence-corrected chi connectivity index (χ0v) is 17.8. The Morgan fingerprint density at radius 1 is 1.12 bits per heavy atom. The molecule has 2 unspecified atom stereocenters. The fraction of sp³-hybridized carbons (Fsp3) is 0.280. The maximum absolute atomic E-state index is 13.4. The van der Waals surface area contributed by atoms with Crippen LogP contribution in [0.1, 0.15) is 29.3 Å². The van der Waals surface area contributed by atoms with E-state index in [4.69, 9.17) is 9.47 Å². The van der Waals surface area contributed by atoms with E-state index in [1.807, 2.05) is 18.2 Å². The van der Waals surface area contributed by atoms with Crippen molar-refractivity contribution in [1.82, 2.24) is 0 Å². The molecule has 0 bridgehead atoms. The van der Waals surface area contributed by atoms with Gasteiger partial charge in [-0.2, -0.15) is 0 Å². The zero-order valence-electron chi connectivity index (χ0n) is 17.8. The fourth-order valence-corrected chi connectivity index (χ4v) is 3.73. The standard InChI is InChI=1S/C25H25NO6/c1-2-32-25(28)23(24(27)19-7-4-3-5-8-19)22(20-9-6-16-31-17-20)15-12-18-10-13-21(14-11-18)26(29)30/h3-11,13-14,17,22-23H,2,12,15-16H2,1H3. The van der Waals surface area contributed by atoms with Crippen LogP contribution in [0.5, 0.6) is 0 Å². The van der Waals surface area contributed by atoms with Crippen molar-refractivity contribution in [3.8, 4) is 0 Å². The van der Waals surface area contributed by atoms with Gasteiger partial charge >= 0.3 is 5.97 Å². The molecular formula is C25H25NO6. The van der Waals surface area contributed by atoms with E-state index in [0.717, 1.165) is 11.1 Å². The van der Waals surface area contributed by atoms with Gasteiger partial charge in [-0.15, -0.1) is 0 Å². The van der Waals surface area contributed by atoms with Gasteiger partial charge in [0.1, 0.15) is 12.5 Å². The SMILES string of the molecule is CCOC(=O)C(C(=O)c1ccccc1)C(CCc1ccc([N+](=O)[O-])cc1)C1=COCC=C1. The smallest absolute Gasteiger partial charge is 0.317 e. The summed E-state index contributed by atoms with van der Waals surface area (Å²) < 4.78 is 10.7. The van der Waals surface area contributed by atoms with Gasteiger partial charge in [0.05, 0.1) is 17.8 Å². The Morgan fingerprint density at radius 2 is 1.84 bits per heavy atom. The molecule has 166 valence electrons. The highest BCUT2D eigenvalue weighted by atomic mass is 16.6. The van der Waals surface area contributed by atoms with Crippen LogP contribution in [0.25, 0.3) is 0 Å². The summed E-state index contributed by atoms with van der Waals surface area (Å²) in [6.07, 6.45) is 6.27. The van der Waals surface area contributed by atoms with E-state index in [1.54, 1.807) is 49.6 Å². The van der Waals surface area contributed by atoms with Gasteiger partial charge in [0.15, 0.2) is 5.78 Å². The van der Waals surface area contributed by atoms with Crippen LogP contribution in [0, 0.1) is 22.0 Å². The summed E-state index contributed by atoms with van der Waals surface area (Å²) in [5.74, 6) is -2.39. The topological polar surface area (TPSA) is 95.7 Å². The molecule has 0 aliphatic carbocycles. The molecule has 7 nitrogen and oxygen atoms in total. The van der Waals surface area contributed by atoms with Crippen molar-refractivity contribution >= 4 is 17.4 Å². The van der Waals surface area contributed by atoms with E-state index < -0.39 is 22.7 Å². The molecule has 0 saturated carbocycles. The van der Waals surface area contributed by atoms with Crippen molar-refractivity contribution in [3.63, 3.8) is 0 Å². The third kappa shape index (κ3) is 5.69. The summed E-state index contributed by atoms with van der Waals surface area (Å²) in [5.41, 5.74) is 2.06. The monoisotopic (exact) mass is 435 g/mol. The molecule has 2 atom stereocenters. The van der Waals surface area contributed by atoms with Crippen LogP contribution < -0.4 is 0 Å². The Hall–Kier alpha value is -3.74. The van der Waals surface area contributed by atoms with Gasteiger partial charge in [0, 0.05) is 23.6 Å². The van der Waals surface area contributed by atoms with Crippen LogP contribution >= 0.6 is 0 Å². The minimum atomic E-state index is -1.03. The van der Waals surface area contributed by atoms with Crippen LogP contribution in [0.4, 0.5) is 5.69 Å². The number of ketones is 1. The van der Waals surface area contributed by atoms with Gasteiger partial charge in [0.2, 0.25) is 0 Å². The number of Topliss-reactive ketones (excluding diaryl/α,β-unsaturated/α-hetero) is 1. The van der Waals surface area contributed by atoms with Gasteiger partial charge in [-0.25, -0.2) is 0 Å². The Kier molecular flexibility index (Phi) is 7.91. The number of carbonyl (C=O) groups is 2. The molecule has 0 N–H and O–H groups in total. The van der Waals surface area contributed by atoms with Crippen LogP contribution in [0.2, 0.25) is 0 Å². The molecule has 2 aromatic rings. The molecular weight excluding hydrogens is 410 g/mol. The Morgan fingerprint density at radius 3 is 2.44 bits per heavy atom. The largest absolute Gasteiger partial charge is 0.497 e. The first-order valence-corrected chi connectivity index (χ1v) is 10.5. The van der Waals surface area contributed by atoms with Crippen molar-refractivity contribution in [2.75, 3.05) is 13.2 Å². The first-order valence-electron chi connectivity index (χ1n) is 10.5. The lowest BCUT2D eigenvalue weighted by Crippen LogP contribution is -2.34. The lowest BCUT2D eigenvalue weighted by Gasteiger charge is -2.27. The van der Waals surface area contributed by atoms with Crippen LogP contribution in [0.3, 0.4) is 0 Å². The molecule has 3 rings (SSSR count). The van der Waals surface area contributed by atoms with E-state index in [0.29, 0.717) is 25.0 Å². The molecule has 2 aromatic carbocycles. The highest BCUT2D eigenvalue weighted by Gasteiger charge is 2.38. The predicted molar refractivity (Wildman–Crippen MR) is 119 cm³/mol. The molecule has 0 aromatic heterocycles. The Balaban J connectivity index is 1.92. The quantitative estimate of drug-likeness (QED) is 0.177. The van der Waals surface area contributed by atoms with E-state index in [1.165, 1.54) is 12.1 Å². The molecule has 1 heterocycles. The molecule has 0 amide bonds. The number of rotatable bonds is 10. The minimum absolute atomic E-state index is 0.0141. The highest BCUT2D eigenvalue weighted by Crippen LogP contribution is 2.32. The Labute approximate surface area is 186 Å². The number of esters is 1. The maximum atomic E-state index is 13.4. The van der Waals surface area contributed by atoms with Crippen LogP contribution in [-0.2, 0) is 20.7 Å². The second-order valence-corrected chi connectivity index (χ2v) is 7.38. The molecule has 0 saturated heterocycles. The van der Waals surface area contributed by atoms with Crippen molar-refractivity contribution in [3.05, 3.63) is 99.8 Å². The molecule has 0 fully saturated rings. The number of hydrogen-bond donors (Lipinski definition) is 0. The molecule has 0 spiro atoms. The van der Waals surface area contributed by atoms with Gasteiger partial charge < -0.3 is 9.47 Å². The predicted octanol–water partition coefficient (Wildman–Crippen LogP) is 4.68. The van der Waals surface area contributed by atoms with Crippen molar-refractivity contribution in [2.45, 2.75) is 19.8 Å². The summed E-state index contributed by atoms with van der Waals surface area (Å²) >= 11 is 0. The highest BCUT2D eigenvalue weighted by molar-refractivity contribution is 6.09. The normalized spacial score (nSPS) is 14.6. The molecule has 7 heteroatoms. The molecule has 32 heavy (non-hydrogen) atoms. The fourth-order valence-electron chi connectivity index (χ4n) is 3.73. The number of nitro benzene ring substituents is 1. The first kappa shape index (κ1) is 22.9.